The largest absolute Gasteiger partial charge is 0.396 e. The maximum Gasteiger partial charge on any atom is 0.297 e. The molecule has 10 atom stereocenters. The van der Waals surface area contributed by atoms with Crippen LogP contribution in [0.4, 0.5) is 4.70 Å². The van der Waals surface area contributed by atoms with Crippen molar-refractivity contribution in [3.05, 3.63) is 245 Å². The standard InChI is InChI=1S/C37H42O9S.C32H38O7S.FH/c1-28-18-20-32(21-19-28)47(39,40)45-27-33-34(42-24-29-12-5-2-6-13-29)35(43-25-30-14-7-3-8-15-30)36(37(46-33)41-23-11-22-38)44-26-31-16-9-4-10-17-31;1-24(34)40-23-28-29(36-20-25-12-5-2-6-13-25)30(37-21-26-14-7-3-8-15-26)31(32(39-28)35-19-11-18-33)38-22-27-16-9-4-10-17-27;/h2-10,12-21,33-38H,11,22-27H2,1H3;2-10,12-17,28-33H,11,18-23H2,1H3;1H/t33-,34-,35+,36-,37+;28-,29-,30+,31-,32+;/m11./s1. The van der Waals surface area contributed by atoms with Crippen LogP contribution in [0.25, 0.3) is 0 Å². The summed E-state index contributed by atoms with van der Waals surface area (Å²) in [6.07, 6.45) is -6.39. The van der Waals surface area contributed by atoms with Crippen LogP contribution in [-0.2, 0) is 106 Å². The molecular formula is C69H81FO16S2. The number of thioether (sulfide) groups is 1. The Morgan fingerprint density at radius 1 is 0.432 bits per heavy atom. The number of halogens is 1. The molecule has 2 fully saturated rings. The first-order valence-corrected chi connectivity index (χ1v) is 31.7. The van der Waals surface area contributed by atoms with Crippen molar-refractivity contribution in [3.63, 3.8) is 0 Å². The lowest BCUT2D eigenvalue weighted by Gasteiger charge is -2.46. The molecule has 2 aliphatic heterocycles. The molecule has 19 heteroatoms. The molecule has 0 amide bonds. The Hall–Kier alpha value is -6.08. The number of rotatable bonds is 32. The molecule has 2 heterocycles. The van der Waals surface area contributed by atoms with Gasteiger partial charge in [0.2, 0.25) is 0 Å². The van der Waals surface area contributed by atoms with Crippen LogP contribution in [0.2, 0.25) is 0 Å². The van der Waals surface area contributed by atoms with E-state index in [1.54, 1.807) is 12.1 Å². The van der Waals surface area contributed by atoms with Crippen molar-refractivity contribution >= 4 is 27.0 Å². The van der Waals surface area contributed by atoms with E-state index in [2.05, 4.69) is 0 Å². The number of carbonyl (C=O) groups excluding carboxylic acids is 1. The Bertz CT molecular complexity index is 3110. The Kier molecular flexibility index (Phi) is 29.8. The van der Waals surface area contributed by atoms with E-state index in [1.807, 2.05) is 189 Å². The minimum Gasteiger partial charge on any atom is -0.396 e. The highest BCUT2D eigenvalue weighted by molar-refractivity contribution is 8.13. The maximum absolute atomic E-state index is 13.2. The van der Waals surface area contributed by atoms with Crippen molar-refractivity contribution in [3.8, 4) is 0 Å². The molecule has 0 aliphatic carbocycles. The van der Waals surface area contributed by atoms with Crippen LogP contribution in [0.5, 0.6) is 0 Å². The number of hydrogen-bond donors (Lipinski definition) is 2. The quantitative estimate of drug-likeness (QED) is 0.0298. The highest BCUT2D eigenvalue weighted by atomic mass is 32.2. The second-order valence-electron chi connectivity index (χ2n) is 20.9. The first-order chi connectivity index (χ1) is 42.6. The number of aliphatic hydroxyl groups excluding tert-OH is 2. The summed E-state index contributed by atoms with van der Waals surface area (Å²) in [6, 6.07) is 65.3. The molecule has 16 nitrogen and oxygen atoms in total. The van der Waals surface area contributed by atoms with E-state index in [0.717, 1.165) is 38.9 Å². The zero-order valence-electron chi connectivity index (χ0n) is 49.6. The van der Waals surface area contributed by atoms with Crippen molar-refractivity contribution < 1.29 is 79.7 Å². The lowest BCUT2D eigenvalue weighted by atomic mass is 9.98. The molecule has 0 radical (unpaired) electrons. The van der Waals surface area contributed by atoms with Gasteiger partial charge in [-0.3, -0.25) is 13.7 Å². The van der Waals surface area contributed by atoms with Crippen LogP contribution < -0.4 is 0 Å². The average Bonchev–Trinajstić information content (AvgIpc) is 3.49. The monoisotopic (exact) mass is 1250 g/mol. The molecule has 7 aromatic carbocycles. The Labute approximate surface area is 520 Å². The highest BCUT2D eigenvalue weighted by Gasteiger charge is 2.51. The minimum absolute atomic E-state index is 0. The number of aryl methyl sites for hydroxylation is 1. The van der Waals surface area contributed by atoms with Gasteiger partial charge in [-0.1, -0.05) is 211 Å². The second kappa shape index (κ2) is 37.8. The molecule has 9 rings (SSSR count). The van der Waals surface area contributed by atoms with Crippen molar-refractivity contribution in [2.24, 2.45) is 0 Å². The summed E-state index contributed by atoms with van der Waals surface area (Å²) in [5, 5.41) is 18.8. The van der Waals surface area contributed by atoms with Gasteiger partial charge in [0.15, 0.2) is 17.7 Å². The molecule has 2 saturated heterocycles. The van der Waals surface area contributed by atoms with Gasteiger partial charge in [-0.25, -0.2) is 0 Å². The Morgan fingerprint density at radius 3 is 1.07 bits per heavy atom. The van der Waals surface area contributed by atoms with E-state index in [4.69, 9.17) is 51.6 Å². The van der Waals surface area contributed by atoms with Crippen LogP contribution in [0, 0.1) is 6.92 Å². The molecular weight excluding hydrogens is 1170 g/mol. The topological polar surface area (TPSA) is 193 Å². The molecule has 472 valence electrons. The van der Waals surface area contributed by atoms with Crippen LogP contribution in [0.3, 0.4) is 0 Å². The minimum atomic E-state index is -4.12. The van der Waals surface area contributed by atoms with E-state index < -0.39 is 71.5 Å². The van der Waals surface area contributed by atoms with Gasteiger partial charge >= 0.3 is 0 Å². The smallest absolute Gasteiger partial charge is 0.297 e. The summed E-state index contributed by atoms with van der Waals surface area (Å²) in [7, 11) is -4.12. The fraction of sp³-hybridized carbons (Fsp3) is 0.377. The van der Waals surface area contributed by atoms with Crippen LogP contribution in [0.1, 0.15) is 58.7 Å². The fourth-order valence-electron chi connectivity index (χ4n) is 9.69. The molecule has 0 unspecified atom stereocenters. The van der Waals surface area contributed by atoms with E-state index in [-0.39, 0.29) is 61.0 Å². The fourth-order valence-corrected chi connectivity index (χ4v) is 11.3. The van der Waals surface area contributed by atoms with Crippen molar-refractivity contribution in [2.75, 3.05) is 38.8 Å². The van der Waals surface area contributed by atoms with Gasteiger partial charge in [-0.15, -0.1) is 0 Å². The van der Waals surface area contributed by atoms with Gasteiger partial charge in [0.05, 0.1) is 70.5 Å². The Morgan fingerprint density at radius 2 is 0.739 bits per heavy atom. The maximum atomic E-state index is 13.2. The van der Waals surface area contributed by atoms with Gasteiger partial charge in [-0.2, -0.15) is 8.42 Å². The molecule has 0 bridgehead atoms. The molecule has 2 aliphatic rings. The summed E-state index contributed by atoms with van der Waals surface area (Å²) in [6.45, 7) is 5.19. The molecule has 0 aromatic heterocycles. The second-order valence-corrected chi connectivity index (χ2v) is 23.7. The predicted octanol–water partition coefficient (Wildman–Crippen LogP) is 10.9. The van der Waals surface area contributed by atoms with E-state index >= 15 is 0 Å². The van der Waals surface area contributed by atoms with Crippen molar-refractivity contribution in [1.82, 2.24) is 0 Å². The van der Waals surface area contributed by atoms with Crippen molar-refractivity contribution in [1.29, 1.82) is 0 Å². The van der Waals surface area contributed by atoms with Crippen LogP contribution in [-0.4, -0.2) is 124 Å². The third-order valence-corrected chi connectivity index (χ3v) is 16.4. The van der Waals surface area contributed by atoms with Gasteiger partial charge < -0.3 is 57.6 Å². The summed E-state index contributed by atoms with van der Waals surface area (Å²) < 4.78 is 96.5. The first-order valence-electron chi connectivity index (χ1n) is 29.3. The zero-order valence-corrected chi connectivity index (χ0v) is 51.3. The highest BCUT2D eigenvalue weighted by Crippen LogP contribution is 2.35. The van der Waals surface area contributed by atoms with Gasteiger partial charge in [0.25, 0.3) is 10.1 Å². The molecule has 0 spiro atoms. The van der Waals surface area contributed by atoms with Gasteiger partial charge in [0, 0.05) is 25.9 Å². The third-order valence-electron chi connectivity index (χ3n) is 14.2. The van der Waals surface area contributed by atoms with Crippen LogP contribution in [0.15, 0.2) is 211 Å². The number of aliphatic hydroxyl groups is 2. The SMILES string of the molecule is CC(=O)SC[C@H]1O[C@H](OCCCO)[C@H](OCc2ccccc2)[C@@H](OCc2ccccc2)[C@@H]1OCc1ccccc1.Cc1ccc(S(=O)(=O)OC[C@H]2O[C@H](OCCCO)[C@H](OCc3ccccc3)[C@@H](OCc3ccccc3)[C@@H]2OCc2ccccc2)cc1.F. The average molecular weight is 1250 g/mol. The number of ether oxygens (including phenoxy) is 10. The summed E-state index contributed by atoms with van der Waals surface area (Å²) >= 11 is 1.19. The summed E-state index contributed by atoms with van der Waals surface area (Å²) in [5.41, 5.74) is 6.78. The van der Waals surface area contributed by atoms with E-state index in [9.17, 15) is 23.4 Å². The van der Waals surface area contributed by atoms with Crippen LogP contribution >= 0.6 is 11.8 Å². The van der Waals surface area contributed by atoms with Crippen molar-refractivity contribution in [2.45, 2.75) is 133 Å². The zero-order chi connectivity index (χ0) is 60.9. The number of hydrogen-bond acceptors (Lipinski definition) is 17. The van der Waals surface area contributed by atoms with E-state index in [1.165, 1.54) is 30.8 Å². The number of benzene rings is 7. The normalized spacial score (nSPS) is 21.8. The molecule has 7 aromatic rings. The molecule has 88 heavy (non-hydrogen) atoms. The lowest BCUT2D eigenvalue weighted by Crippen LogP contribution is -2.62. The van der Waals surface area contributed by atoms with Gasteiger partial charge in [-0.05, 0) is 65.3 Å². The first kappa shape index (κ1) is 69.4. The molecule has 0 saturated carbocycles. The Balaban J connectivity index is 0.000000251. The molecule has 2 N–H and O–H groups in total. The predicted molar refractivity (Wildman–Crippen MR) is 333 cm³/mol. The summed E-state index contributed by atoms with van der Waals surface area (Å²) in [4.78, 5) is 12.0. The lowest BCUT2D eigenvalue weighted by molar-refractivity contribution is -0.326. The number of carbonyl (C=O) groups is 1. The van der Waals surface area contributed by atoms with E-state index in [0.29, 0.717) is 45.0 Å². The third kappa shape index (κ3) is 22.4. The van der Waals surface area contributed by atoms with Gasteiger partial charge in [0.1, 0.15) is 42.7 Å². The summed E-state index contributed by atoms with van der Waals surface area (Å²) in [5.74, 6) is 0.380.